The van der Waals surface area contributed by atoms with E-state index >= 15 is 0 Å². The molecule has 0 heterocycles. The van der Waals surface area contributed by atoms with Crippen molar-refractivity contribution >= 4 is 17.5 Å². The summed E-state index contributed by atoms with van der Waals surface area (Å²) in [6, 6.07) is 16.9. The summed E-state index contributed by atoms with van der Waals surface area (Å²) in [5.74, 6) is 0.237. The zero-order valence-corrected chi connectivity index (χ0v) is 15.6. The monoisotopic (exact) mass is 354 g/mol. The Labute approximate surface area is 155 Å². The quantitative estimate of drug-likeness (QED) is 0.733. The molecule has 2 amide bonds. The van der Waals surface area contributed by atoms with Crippen molar-refractivity contribution in [1.82, 2.24) is 4.90 Å². The van der Waals surface area contributed by atoms with Crippen molar-refractivity contribution in [3.63, 3.8) is 0 Å². The van der Waals surface area contributed by atoms with Crippen LogP contribution in [0, 0.1) is 0 Å². The lowest BCUT2D eigenvalue weighted by molar-refractivity contribution is -0.136. The highest BCUT2D eigenvalue weighted by atomic mass is 16.5. The molecular weight excluding hydrogens is 328 g/mol. The summed E-state index contributed by atoms with van der Waals surface area (Å²) in [5.41, 5.74) is 1.69. The molecule has 26 heavy (non-hydrogen) atoms. The second-order valence-corrected chi connectivity index (χ2v) is 6.28. The van der Waals surface area contributed by atoms with Gasteiger partial charge in [0.25, 0.3) is 0 Å². The van der Waals surface area contributed by atoms with Gasteiger partial charge in [0.1, 0.15) is 12.2 Å². The number of rotatable bonds is 8. The van der Waals surface area contributed by atoms with Crippen molar-refractivity contribution in [1.29, 1.82) is 0 Å². The first-order valence-corrected chi connectivity index (χ1v) is 8.85. The molecule has 0 fully saturated rings. The lowest BCUT2D eigenvalue weighted by Gasteiger charge is -2.26. The highest BCUT2D eigenvalue weighted by Gasteiger charge is 2.20. The molecule has 5 heteroatoms. The number of anilines is 1. The summed E-state index contributed by atoms with van der Waals surface area (Å²) in [4.78, 5) is 26.5. The van der Waals surface area contributed by atoms with Crippen molar-refractivity contribution < 1.29 is 14.3 Å². The van der Waals surface area contributed by atoms with E-state index in [1.54, 1.807) is 29.2 Å². The second-order valence-electron chi connectivity index (χ2n) is 6.28. The number of benzene rings is 2. The largest absolute Gasteiger partial charge is 0.494 e. The van der Waals surface area contributed by atoms with Crippen LogP contribution in [0.15, 0.2) is 54.6 Å². The number of carbonyl (C=O) groups is 2. The molecule has 2 aromatic carbocycles. The van der Waals surface area contributed by atoms with E-state index in [1.165, 1.54) is 0 Å². The van der Waals surface area contributed by atoms with Gasteiger partial charge in [-0.05, 0) is 50.6 Å². The number of nitrogens with one attached hydrogen (secondary N) is 1. The number of ether oxygens (including phenoxy) is 1. The molecule has 0 atom stereocenters. The van der Waals surface area contributed by atoms with Crippen LogP contribution >= 0.6 is 0 Å². The Hall–Kier alpha value is -2.82. The van der Waals surface area contributed by atoms with Crippen LogP contribution in [0.3, 0.4) is 0 Å². The summed E-state index contributed by atoms with van der Waals surface area (Å²) >= 11 is 0. The van der Waals surface area contributed by atoms with Gasteiger partial charge < -0.3 is 15.0 Å². The van der Waals surface area contributed by atoms with Crippen LogP contribution in [0.25, 0.3) is 0 Å². The van der Waals surface area contributed by atoms with Crippen molar-refractivity contribution in [2.24, 2.45) is 0 Å². The fraction of sp³-hybridized carbons (Fsp3) is 0.333. The van der Waals surface area contributed by atoms with Gasteiger partial charge in [0.05, 0.1) is 6.61 Å². The molecule has 0 radical (unpaired) electrons. The molecule has 2 aromatic rings. The average Bonchev–Trinajstić information content (AvgIpc) is 2.62. The number of carbonyl (C=O) groups excluding carboxylic acids is 2. The third-order valence-electron chi connectivity index (χ3n) is 3.90. The van der Waals surface area contributed by atoms with Gasteiger partial charge in [-0.15, -0.1) is 0 Å². The SMILES string of the molecule is CCOc1ccc(NC(=O)CC(=O)N(Cc2ccccc2)C(C)C)cc1. The molecule has 0 saturated carbocycles. The predicted molar refractivity (Wildman–Crippen MR) is 103 cm³/mol. The third-order valence-corrected chi connectivity index (χ3v) is 3.90. The Morgan fingerprint density at radius 3 is 2.27 bits per heavy atom. The van der Waals surface area contributed by atoms with E-state index < -0.39 is 0 Å². The smallest absolute Gasteiger partial charge is 0.233 e. The van der Waals surface area contributed by atoms with E-state index in [9.17, 15) is 9.59 Å². The molecule has 1 N–H and O–H groups in total. The number of amides is 2. The molecule has 0 spiro atoms. The maximum atomic E-state index is 12.6. The average molecular weight is 354 g/mol. The standard InChI is InChI=1S/C21H26N2O3/c1-4-26-19-12-10-18(11-13-19)22-20(24)14-21(25)23(16(2)3)15-17-8-6-5-7-9-17/h5-13,16H,4,14-15H2,1-3H3,(H,22,24). The van der Waals surface area contributed by atoms with Crippen molar-refractivity contribution in [2.75, 3.05) is 11.9 Å². The first kappa shape index (κ1) is 19.5. The fourth-order valence-corrected chi connectivity index (χ4v) is 2.58. The summed E-state index contributed by atoms with van der Waals surface area (Å²) in [5, 5.41) is 2.76. The number of nitrogens with zero attached hydrogens (tertiary/aromatic N) is 1. The van der Waals surface area contributed by atoms with Crippen molar-refractivity contribution in [2.45, 2.75) is 39.8 Å². The minimum absolute atomic E-state index is 0.0148. The van der Waals surface area contributed by atoms with E-state index in [0.29, 0.717) is 18.8 Å². The van der Waals surface area contributed by atoms with Gasteiger partial charge in [-0.2, -0.15) is 0 Å². The van der Waals surface area contributed by atoms with Crippen LogP contribution in [0.5, 0.6) is 5.75 Å². The van der Waals surface area contributed by atoms with E-state index in [1.807, 2.05) is 51.1 Å². The number of hydrogen-bond acceptors (Lipinski definition) is 3. The molecule has 5 nitrogen and oxygen atoms in total. The summed E-state index contributed by atoms with van der Waals surface area (Å²) in [6.45, 7) is 6.90. The van der Waals surface area contributed by atoms with Gasteiger partial charge in [-0.1, -0.05) is 30.3 Å². The minimum Gasteiger partial charge on any atom is -0.494 e. The molecular formula is C21H26N2O3. The van der Waals surface area contributed by atoms with Crippen LogP contribution in [-0.2, 0) is 16.1 Å². The first-order valence-electron chi connectivity index (χ1n) is 8.85. The number of hydrogen-bond donors (Lipinski definition) is 1. The van der Waals surface area contributed by atoms with E-state index in [2.05, 4.69) is 5.32 Å². The predicted octanol–water partition coefficient (Wildman–Crippen LogP) is 3.85. The molecule has 0 bridgehead atoms. The van der Waals surface area contributed by atoms with Gasteiger partial charge in [0.2, 0.25) is 11.8 Å². The summed E-state index contributed by atoms with van der Waals surface area (Å²) < 4.78 is 5.37. The molecule has 0 aliphatic rings. The second kappa shape index (κ2) is 9.61. The van der Waals surface area contributed by atoms with Gasteiger partial charge in [0.15, 0.2) is 0 Å². The fourth-order valence-electron chi connectivity index (χ4n) is 2.58. The normalized spacial score (nSPS) is 10.5. The van der Waals surface area contributed by atoms with Crippen LogP contribution in [0.1, 0.15) is 32.8 Å². The lowest BCUT2D eigenvalue weighted by Crippen LogP contribution is -2.38. The Morgan fingerprint density at radius 2 is 1.69 bits per heavy atom. The topological polar surface area (TPSA) is 58.6 Å². The maximum absolute atomic E-state index is 12.6. The molecule has 0 unspecified atom stereocenters. The van der Waals surface area contributed by atoms with E-state index in [-0.39, 0.29) is 24.3 Å². The lowest BCUT2D eigenvalue weighted by atomic mass is 10.1. The van der Waals surface area contributed by atoms with Crippen molar-refractivity contribution in [3.8, 4) is 5.75 Å². The Morgan fingerprint density at radius 1 is 1.04 bits per heavy atom. The molecule has 0 aliphatic heterocycles. The Balaban J connectivity index is 1.94. The van der Waals surface area contributed by atoms with Crippen LogP contribution in [0.2, 0.25) is 0 Å². The zero-order chi connectivity index (χ0) is 18.9. The highest BCUT2D eigenvalue weighted by molar-refractivity contribution is 6.03. The molecule has 0 aromatic heterocycles. The Kier molecular flexibility index (Phi) is 7.21. The van der Waals surface area contributed by atoms with E-state index in [0.717, 1.165) is 11.3 Å². The minimum atomic E-state index is -0.321. The van der Waals surface area contributed by atoms with Crippen molar-refractivity contribution in [3.05, 3.63) is 60.2 Å². The summed E-state index contributed by atoms with van der Waals surface area (Å²) in [6.07, 6.45) is -0.182. The molecule has 2 rings (SSSR count). The van der Waals surface area contributed by atoms with Gasteiger partial charge in [-0.3, -0.25) is 9.59 Å². The zero-order valence-electron chi connectivity index (χ0n) is 15.6. The van der Waals surface area contributed by atoms with Gasteiger partial charge in [-0.25, -0.2) is 0 Å². The van der Waals surface area contributed by atoms with Crippen LogP contribution < -0.4 is 10.1 Å². The molecule has 0 saturated heterocycles. The maximum Gasteiger partial charge on any atom is 0.233 e. The molecule has 0 aliphatic carbocycles. The third kappa shape index (κ3) is 5.92. The summed E-state index contributed by atoms with van der Waals surface area (Å²) in [7, 11) is 0. The van der Waals surface area contributed by atoms with Crippen LogP contribution in [0.4, 0.5) is 5.69 Å². The van der Waals surface area contributed by atoms with Gasteiger partial charge >= 0.3 is 0 Å². The van der Waals surface area contributed by atoms with Gasteiger partial charge in [0, 0.05) is 18.3 Å². The Bertz CT molecular complexity index is 712. The molecule has 138 valence electrons. The first-order chi connectivity index (χ1) is 12.5. The highest BCUT2D eigenvalue weighted by Crippen LogP contribution is 2.16. The van der Waals surface area contributed by atoms with Crippen LogP contribution in [-0.4, -0.2) is 29.4 Å². The van der Waals surface area contributed by atoms with E-state index in [4.69, 9.17) is 4.74 Å².